The van der Waals surface area contributed by atoms with Crippen LogP contribution in [0, 0.1) is 5.82 Å². The molecule has 0 unspecified atom stereocenters. The summed E-state index contributed by atoms with van der Waals surface area (Å²) in [5.74, 6) is -0.254. The lowest BCUT2D eigenvalue weighted by Gasteiger charge is -2.07. The van der Waals surface area contributed by atoms with Crippen molar-refractivity contribution >= 4 is 0 Å². The van der Waals surface area contributed by atoms with Crippen molar-refractivity contribution in [3.05, 3.63) is 71.7 Å². The summed E-state index contributed by atoms with van der Waals surface area (Å²) in [5, 5.41) is 8.05. The second-order valence-corrected chi connectivity index (χ2v) is 4.80. The van der Waals surface area contributed by atoms with Crippen molar-refractivity contribution in [1.82, 2.24) is 15.0 Å². The number of hydrogen-bond acceptors (Lipinski definition) is 3. The predicted molar refractivity (Wildman–Crippen MR) is 78.9 cm³/mol. The summed E-state index contributed by atoms with van der Waals surface area (Å²) >= 11 is 0. The van der Waals surface area contributed by atoms with Gasteiger partial charge >= 0.3 is 0 Å². The zero-order valence-electron chi connectivity index (χ0n) is 11.4. The minimum absolute atomic E-state index is 0.254. The zero-order chi connectivity index (χ0) is 14.7. The summed E-state index contributed by atoms with van der Waals surface area (Å²) in [6, 6.07) is 14.4. The van der Waals surface area contributed by atoms with E-state index in [0.29, 0.717) is 13.1 Å². The van der Waals surface area contributed by atoms with Crippen LogP contribution in [0.25, 0.3) is 11.3 Å². The molecule has 0 fully saturated rings. The molecule has 106 valence electrons. The van der Waals surface area contributed by atoms with E-state index in [0.717, 1.165) is 22.4 Å². The molecule has 2 aromatic carbocycles. The van der Waals surface area contributed by atoms with E-state index < -0.39 is 0 Å². The number of rotatable bonds is 4. The van der Waals surface area contributed by atoms with Crippen LogP contribution in [-0.4, -0.2) is 15.0 Å². The molecule has 0 radical (unpaired) electrons. The highest BCUT2D eigenvalue weighted by Gasteiger charge is 2.07. The molecule has 3 aromatic rings. The van der Waals surface area contributed by atoms with Crippen LogP contribution in [-0.2, 0) is 13.1 Å². The van der Waals surface area contributed by atoms with Gasteiger partial charge in [0, 0.05) is 12.1 Å². The van der Waals surface area contributed by atoms with Crippen molar-refractivity contribution in [3.8, 4) is 11.3 Å². The van der Waals surface area contributed by atoms with E-state index >= 15 is 0 Å². The summed E-state index contributed by atoms with van der Waals surface area (Å²) in [6.07, 6.45) is 1.68. The van der Waals surface area contributed by atoms with Crippen LogP contribution in [0.5, 0.6) is 0 Å². The fourth-order valence-electron chi connectivity index (χ4n) is 2.17. The van der Waals surface area contributed by atoms with Gasteiger partial charge in [-0.15, -0.1) is 5.10 Å². The summed E-state index contributed by atoms with van der Waals surface area (Å²) < 4.78 is 14.8. The van der Waals surface area contributed by atoms with Crippen molar-refractivity contribution in [2.75, 3.05) is 0 Å². The van der Waals surface area contributed by atoms with Crippen LogP contribution < -0.4 is 5.73 Å². The van der Waals surface area contributed by atoms with E-state index in [1.165, 1.54) is 12.1 Å². The Labute approximate surface area is 122 Å². The monoisotopic (exact) mass is 282 g/mol. The van der Waals surface area contributed by atoms with Crippen LogP contribution in [0.4, 0.5) is 4.39 Å². The topological polar surface area (TPSA) is 56.7 Å². The van der Waals surface area contributed by atoms with E-state index in [9.17, 15) is 4.39 Å². The number of aromatic nitrogens is 3. The first-order chi connectivity index (χ1) is 10.3. The van der Waals surface area contributed by atoms with Gasteiger partial charge in [-0.1, -0.05) is 29.5 Å². The number of hydrogen-bond donors (Lipinski definition) is 1. The molecule has 1 heterocycles. The largest absolute Gasteiger partial charge is 0.326 e. The molecule has 1 aromatic heterocycles. The highest BCUT2D eigenvalue weighted by molar-refractivity contribution is 5.58. The van der Waals surface area contributed by atoms with Gasteiger partial charge in [-0.25, -0.2) is 9.07 Å². The molecule has 0 aliphatic heterocycles. The van der Waals surface area contributed by atoms with Crippen LogP contribution in [0.15, 0.2) is 54.7 Å². The third-order valence-corrected chi connectivity index (χ3v) is 3.35. The molecule has 0 amide bonds. The molecule has 0 atom stereocenters. The number of benzene rings is 2. The molecule has 0 aliphatic rings. The number of nitrogens with zero attached hydrogens (tertiary/aromatic N) is 3. The Morgan fingerprint density at radius 1 is 0.952 bits per heavy atom. The van der Waals surface area contributed by atoms with Gasteiger partial charge in [-0.2, -0.15) is 0 Å². The van der Waals surface area contributed by atoms with Gasteiger partial charge in [-0.05, 0) is 35.4 Å². The molecule has 0 spiro atoms. The summed E-state index contributed by atoms with van der Waals surface area (Å²) in [5.41, 5.74) is 9.54. The van der Waals surface area contributed by atoms with E-state index in [1.807, 2.05) is 24.3 Å². The average molecular weight is 282 g/mol. The van der Waals surface area contributed by atoms with Crippen LogP contribution in [0.2, 0.25) is 0 Å². The van der Waals surface area contributed by atoms with Crippen molar-refractivity contribution in [2.45, 2.75) is 13.1 Å². The van der Waals surface area contributed by atoms with E-state index in [1.54, 1.807) is 23.0 Å². The molecule has 0 aliphatic carbocycles. The molecule has 2 N–H and O–H groups in total. The van der Waals surface area contributed by atoms with Crippen molar-refractivity contribution in [2.24, 2.45) is 5.73 Å². The maximum atomic E-state index is 13.0. The minimum atomic E-state index is -0.254. The van der Waals surface area contributed by atoms with E-state index in [4.69, 9.17) is 5.73 Å². The van der Waals surface area contributed by atoms with Crippen LogP contribution >= 0.6 is 0 Å². The van der Waals surface area contributed by atoms with Crippen molar-refractivity contribution < 1.29 is 4.39 Å². The van der Waals surface area contributed by atoms with Crippen molar-refractivity contribution in [3.63, 3.8) is 0 Å². The Morgan fingerprint density at radius 3 is 2.29 bits per heavy atom. The molecule has 4 nitrogen and oxygen atoms in total. The van der Waals surface area contributed by atoms with Gasteiger partial charge in [0.1, 0.15) is 5.82 Å². The molecule has 0 saturated carbocycles. The lowest BCUT2D eigenvalue weighted by molar-refractivity contribution is 0.627. The molecule has 5 heteroatoms. The first kappa shape index (κ1) is 13.5. The highest BCUT2D eigenvalue weighted by atomic mass is 19.1. The molecule has 21 heavy (non-hydrogen) atoms. The van der Waals surface area contributed by atoms with Gasteiger partial charge in [0.25, 0.3) is 0 Å². The average Bonchev–Trinajstić information content (AvgIpc) is 2.97. The maximum Gasteiger partial charge on any atom is 0.123 e. The van der Waals surface area contributed by atoms with Crippen molar-refractivity contribution in [1.29, 1.82) is 0 Å². The zero-order valence-corrected chi connectivity index (χ0v) is 11.4. The lowest BCUT2D eigenvalue weighted by atomic mass is 10.1. The third kappa shape index (κ3) is 2.98. The van der Waals surface area contributed by atoms with Crippen LogP contribution in [0.1, 0.15) is 11.1 Å². The normalized spacial score (nSPS) is 10.8. The SMILES string of the molecule is NCc1ccc(Cn2nncc2-c2ccc(F)cc2)cc1. The molecular weight excluding hydrogens is 267 g/mol. The Bertz CT molecular complexity index is 717. The standard InChI is InChI=1S/C16H15FN4/c17-15-7-5-14(6-8-15)16-10-19-20-21(16)11-13-3-1-12(9-18)2-4-13/h1-8,10H,9,11,18H2. The Morgan fingerprint density at radius 2 is 1.62 bits per heavy atom. The fraction of sp³-hybridized carbons (Fsp3) is 0.125. The summed E-state index contributed by atoms with van der Waals surface area (Å²) in [4.78, 5) is 0. The Kier molecular flexibility index (Phi) is 3.75. The fourth-order valence-corrected chi connectivity index (χ4v) is 2.17. The minimum Gasteiger partial charge on any atom is -0.326 e. The second kappa shape index (κ2) is 5.85. The lowest BCUT2D eigenvalue weighted by Crippen LogP contribution is -2.04. The first-order valence-corrected chi connectivity index (χ1v) is 6.68. The smallest absolute Gasteiger partial charge is 0.123 e. The second-order valence-electron chi connectivity index (χ2n) is 4.80. The highest BCUT2D eigenvalue weighted by Crippen LogP contribution is 2.19. The Hall–Kier alpha value is -2.53. The van der Waals surface area contributed by atoms with Crippen LogP contribution in [0.3, 0.4) is 0 Å². The molecule has 0 bridgehead atoms. The predicted octanol–water partition coefficient (Wildman–Crippen LogP) is 2.59. The molecule has 0 saturated heterocycles. The Balaban J connectivity index is 1.86. The van der Waals surface area contributed by atoms with Gasteiger partial charge < -0.3 is 5.73 Å². The number of nitrogens with two attached hydrogens (primary N) is 1. The first-order valence-electron chi connectivity index (χ1n) is 6.68. The molecular formula is C16H15FN4. The van der Waals surface area contributed by atoms with Gasteiger partial charge in [0.2, 0.25) is 0 Å². The summed E-state index contributed by atoms with van der Waals surface area (Å²) in [7, 11) is 0. The maximum absolute atomic E-state index is 13.0. The van der Waals surface area contributed by atoms with E-state index in [2.05, 4.69) is 10.3 Å². The third-order valence-electron chi connectivity index (χ3n) is 3.35. The quantitative estimate of drug-likeness (QED) is 0.800. The van der Waals surface area contributed by atoms with Gasteiger partial charge in [-0.3, -0.25) is 0 Å². The van der Waals surface area contributed by atoms with Gasteiger partial charge in [0.15, 0.2) is 0 Å². The van der Waals surface area contributed by atoms with Gasteiger partial charge in [0.05, 0.1) is 18.4 Å². The van der Waals surface area contributed by atoms with E-state index in [-0.39, 0.29) is 5.82 Å². The molecule has 3 rings (SSSR count). The number of halogens is 1. The summed E-state index contributed by atoms with van der Waals surface area (Å²) in [6.45, 7) is 1.14.